The van der Waals surface area contributed by atoms with Crippen molar-refractivity contribution < 1.29 is 22.0 Å². The highest BCUT2D eigenvalue weighted by molar-refractivity contribution is 5.24. The predicted molar refractivity (Wildman–Crippen MR) is 57.5 cm³/mol. The Morgan fingerprint density at radius 3 is 1.56 bits per heavy atom. The molecule has 0 bridgehead atoms. The molecule has 0 aliphatic rings. The molecule has 1 aromatic rings. The van der Waals surface area contributed by atoms with E-state index in [1.807, 2.05) is 0 Å². The first-order valence-electron chi connectivity index (χ1n) is 5.71. The first-order chi connectivity index (χ1) is 8.50. The highest BCUT2D eigenvalue weighted by Crippen LogP contribution is 2.24. The van der Waals surface area contributed by atoms with Crippen LogP contribution in [0.4, 0.5) is 22.0 Å². The number of hydrogen-bond acceptors (Lipinski definition) is 1. The second kappa shape index (κ2) is 6.68. The molecule has 2 N–H and O–H groups in total. The van der Waals surface area contributed by atoms with Gasteiger partial charge in [0.15, 0.2) is 23.3 Å². The molecule has 1 nitrogen and oxygen atoms in total. The van der Waals surface area contributed by atoms with E-state index < -0.39 is 34.6 Å². The molecule has 0 aromatic heterocycles. The van der Waals surface area contributed by atoms with Crippen molar-refractivity contribution in [3.63, 3.8) is 0 Å². The fourth-order valence-corrected chi connectivity index (χ4v) is 1.67. The molecule has 1 aromatic carbocycles. The molecule has 0 unspecified atom stereocenters. The minimum atomic E-state index is -2.11. The maximum atomic E-state index is 13.2. The molecule has 6 heteroatoms. The summed E-state index contributed by atoms with van der Waals surface area (Å²) in [5.74, 6) is -9.34. The summed E-state index contributed by atoms with van der Waals surface area (Å²) < 4.78 is 64.9. The van der Waals surface area contributed by atoms with E-state index in [0.29, 0.717) is 19.4 Å². The van der Waals surface area contributed by atoms with Crippen LogP contribution < -0.4 is 5.73 Å². The van der Waals surface area contributed by atoms with Crippen LogP contribution in [0.25, 0.3) is 0 Å². The third kappa shape index (κ3) is 3.19. The Morgan fingerprint density at radius 1 is 0.611 bits per heavy atom. The van der Waals surface area contributed by atoms with E-state index in [4.69, 9.17) is 5.73 Å². The van der Waals surface area contributed by atoms with E-state index >= 15 is 0 Å². The summed E-state index contributed by atoms with van der Waals surface area (Å²) in [6, 6.07) is 0. The Kier molecular flexibility index (Phi) is 5.53. The SMILES string of the molecule is NCCCCCCc1c(F)c(F)c(F)c(F)c1F. The minimum Gasteiger partial charge on any atom is -0.330 e. The normalized spacial score (nSPS) is 11.0. The molecule has 0 amide bonds. The number of rotatable bonds is 6. The molecule has 102 valence electrons. The molecule has 0 radical (unpaired) electrons. The summed E-state index contributed by atoms with van der Waals surface area (Å²) in [6.07, 6.45) is 2.37. The van der Waals surface area contributed by atoms with Gasteiger partial charge in [0.2, 0.25) is 5.82 Å². The smallest absolute Gasteiger partial charge is 0.200 e. The molecular weight excluding hydrogens is 253 g/mol. The van der Waals surface area contributed by atoms with Gasteiger partial charge in [-0.15, -0.1) is 0 Å². The molecule has 0 saturated heterocycles. The van der Waals surface area contributed by atoms with Crippen LogP contribution in [-0.2, 0) is 6.42 Å². The van der Waals surface area contributed by atoms with Gasteiger partial charge in [0.25, 0.3) is 0 Å². The van der Waals surface area contributed by atoms with Crippen LogP contribution in [0.1, 0.15) is 31.2 Å². The van der Waals surface area contributed by atoms with Gasteiger partial charge in [0.1, 0.15) is 0 Å². The van der Waals surface area contributed by atoms with Gasteiger partial charge >= 0.3 is 0 Å². The van der Waals surface area contributed by atoms with Crippen molar-refractivity contribution >= 4 is 0 Å². The summed E-state index contributed by atoms with van der Waals surface area (Å²) >= 11 is 0. The minimum absolute atomic E-state index is 0.170. The van der Waals surface area contributed by atoms with Crippen LogP contribution in [0.2, 0.25) is 0 Å². The lowest BCUT2D eigenvalue weighted by Crippen LogP contribution is -2.07. The zero-order valence-electron chi connectivity index (χ0n) is 9.71. The van der Waals surface area contributed by atoms with Crippen LogP contribution in [0.3, 0.4) is 0 Å². The van der Waals surface area contributed by atoms with Gasteiger partial charge in [-0.3, -0.25) is 0 Å². The van der Waals surface area contributed by atoms with Gasteiger partial charge in [-0.2, -0.15) is 0 Å². The molecule has 0 heterocycles. The second-order valence-electron chi connectivity index (χ2n) is 4.00. The van der Waals surface area contributed by atoms with E-state index in [1.54, 1.807) is 0 Å². The highest BCUT2D eigenvalue weighted by atomic mass is 19.2. The zero-order chi connectivity index (χ0) is 13.7. The van der Waals surface area contributed by atoms with Crippen molar-refractivity contribution in [2.45, 2.75) is 32.1 Å². The topological polar surface area (TPSA) is 26.0 Å². The van der Waals surface area contributed by atoms with Gasteiger partial charge in [-0.05, 0) is 25.8 Å². The number of unbranched alkanes of at least 4 members (excludes halogenated alkanes) is 3. The van der Waals surface area contributed by atoms with E-state index in [2.05, 4.69) is 0 Å². The second-order valence-corrected chi connectivity index (χ2v) is 4.00. The van der Waals surface area contributed by atoms with Gasteiger partial charge in [-0.1, -0.05) is 12.8 Å². The van der Waals surface area contributed by atoms with Crippen LogP contribution in [0.5, 0.6) is 0 Å². The molecule has 0 atom stereocenters. The van der Waals surface area contributed by atoms with Gasteiger partial charge < -0.3 is 5.73 Å². The molecule has 0 saturated carbocycles. The Labute approximate surface area is 102 Å². The molecule has 0 aliphatic carbocycles. The van der Waals surface area contributed by atoms with Crippen molar-refractivity contribution in [3.8, 4) is 0 Å². The third-order valence-electron chi connectivity index (χ3n) is 2.68. The number of hydrogen-bond donors (Lipinski definition) is 1. The average Bonchev–Trinajstić information content (AvgIpc) is 2.37. The molecule has 18 heavy (non-hydrogen) atoms. The quantitative estimate of drug-likeness (QED) is 0.363. The largest absolute Gasteiger partial charge is 0.330 e. The lowest BCUT2D eigenvalue weighted by molar-refractivity contribution is 0.368. The molecular formula is C12H14F5N. The maximum Gasteiger partial charge on any atom is 0.200 e. The van der Waals surface area contributed by atoms with Crippen molar-refractivity contribution in [2.24, 2.45) is 5.73 Å². The lowest BCUT2D eigenvalue weighted by Gasteiger charge is -2.07. The molecule has 1 rings (SSSR count). The average molecular weight is 267 g/mol. The summed E-state index contributed by atoms with van der Waals surface area (Å²) in [6.45, 7) is 0.516. The Bertz CT molecular complexity index is 390. The van der Waals surface area contributed by atoms with Gasteiger partial charge in [-0.25, -0.2) is 22.0 Å². The Morgan fingerprint density at radius 2 is 1.06 bits per heavy atom. The Balaban J connectivity index is 2.77. The van der Waals surface area contributed by atoms with E-state index in [1.165, 1.54) is 0 Å². The summed E-state index contributed by atoms with van der Waals surface area (Å²) in [4.78, 5) is 0. The van der Waals surface area contributed by atoms with Crippen molar-refractivity contribution in [1.82, 2.24) is 0 Å². The van der Waals surface area contributed by atoms with Crippen LogP contribution in [0, 0.1) is 29.1 Å². The summed E-state index contributed by atoms with van der Waals surface area (Å²) in [5.41, 5.74) is 4.53. The summed E-state index contributed by atoms with van der Waals surface area (Å²) in [5, 5.41) is 0. The number of halogens is 5. The molecule has 0 spiro atoms. The predicted octanol–water partition coefficient (Wildman–Crippen LogP) is 3.44. The van der Waals surface area contributed by atoms with Crippen molar-refractivity contribution in [1.29, 1.82) is 0 Å². The fraction of sp³-hybridized carbons (Fsp3) is 0.500. The van der Waals surface area contributed by atoms with Crippen LogP contribution in [-0.4, -0.2) is 6.54 Å². The molecule has 0 aliphatic heterocycles. The number of nitrogens with two attached hydrogens (primary N) is 1. The molecule has 0 fully saturated rings. The zero-order valence-corrected chi connectivity index (χ0v) is 9.71. The fourth-order valence-electron chi connectivity index (χ4n) is 1.67. The van der Waals surface area contributed by atoms with Crippen molar-refractivity contribution in [3.05, 3.63) is 34.6 Å². The standard InChI is InChI=1S/C12H14F5N/c13-8-7(5-3-1-2-4-6-18)9(14)11(16)12(17)10(8)15/h1-6,18H2. The van der Waals surface area contributed by atoms with E-state index in [9.17, 15) is 22.0 Å². The van der Waals surface area contributed by atoms with Gasteiger partial charge in [0, 0.05) is 5.56 Å². The van der Waals surface area contributed by atoms with E-state index in [0.717, 1.165) is 12.8 Å². The first kappa shape index (κ1) is 14.9. The maximum absolute atomic E-state index is 13.2. The van der Waals surface area contributed by atoms with E-state index in [-0.39, 0.29) is 6.42 Å². The van der Waals surface area contributed by atoms with Crippen LogP contribution >= 0.6 is 0 Å². The number of benzene rings is 1. The first-order valence-corrected chi connectivity index (χ1v) is 5.71. The highest BCUT2D eigenvalue weighted by Gasteiger charge is 2.24. The lowest BCUT2D eigenvalue weighted by atomic mass is 10.0. The van der Waals surface area contributed by atoms with Gasteiger partial charge in [0.05, 0.1) is 0 Å². The third-order valence-corrected chi connectivity index (χ3v) is 2.68. The Hall–Kier alpha value is -1.17. The monoisotopic (exact) mass is 267 g/mol. The van der Waals surface area contributed by atoms with Crippen molar-refractivity contribution in [2.75, 3.05) is 6.54 Å². The summed E-state index contributed by atoms with van der Waals surface area (Å²) in [7, 11) is 0. The van der Waals surface area contributed by atoms with Crippen LogP contribution in [0.15, 0.2) is 0 Å².